The molecule has 1 unspecified atom stereocenters. The molecule has 1 fully saturated rings. The summed E-state index contributed by atoms with van der Waals surface area (Å²) in [7, 11) is 0. The fraction of sp³-hybridized carbons (Fsp3) is 0.375. The zero-order chi connectivity index (χ0) is 15.7. The van der Waals surface area contributed by atoms with E-state index in [0.29, 0.717) is 30.5 Å². The molecule has 1 N–H and O–H groups in total. The lowest BCUT2D eigenvalue weighted by atomic mass is 10.0. The molecule has 1 amide bonds. The molecule has 2 aromatic rings. The van der Waals surface area contributed by atoms with E-state index < -0.39 is 11.8 Å². The van der Waals surface area contributed by atoms with Crippen LogP contribution in [0.3, 0.4) is 0 Å². The van der Waals surface area contributed by atoms with Gasteiger partial charge in [0.1, 0.15) is 11.4 Å². The predicted molar refractivity (Wildman–Crippen MR) is 77.1 cm³/mol. The lowest BCUT2D eigenvalue weighted by molar-refractivity contribution is -0.137. The van der Waals surface area contributed by atoms with Crippen LogP contribution in [-0.2, 0) is 4.79 Å². The van der Waals surface area contributed by atoms with Gasteiger partial charge >= 0.3 is 5.97 Å². The van der Waals surface area contributed by atoms with Gasteiger partial charge < -0.3 is 14.4 Å². The highest BCUT2D eigenvalue weighted by molar-refractivity contribution is 5.96. The van der Waals surface area contributed by atoms with Gasteiger partial charge in [-0.3, -0.25) is 9.59 Å². The molecule has 0 bridgehead atoms. The van der Waals surface area contributed by atoms with Crippen LogP contribution in [0.25, 0.3) is 11.0 Å². The first kappa shape index (κ1) is 14.6. The molecule has 6 heteroatoms. The Hall–Kier alpha value is -2.37. The fourth-order valence-corrected chi connectivity index (χ4v) is 2.85. The Kier molecular flexibility index (Phi) is 3.83. The molecular weight excluding hydrogens is 289 g/mol. The van der Waals surface area contributed by atoms with E-state index in [9.17, 15) is 14.0 Å². The van der Waals surface area contributed by atoms with Crippen molar-refractivity contribution in [3.63, 3.8) is 0 Å². The quantitative estimate of drug-likeness (QED) is 0.943. The number of carboxylic acid groups (broad SMARTS) is 1. The second-order valence-corrected chi connectivity index (χ2v) is 5.63. The van der Waals surface area contributed by atoms with Crippen LogP contribution in [0.4, 0.5) is 4.39 Å². The summed E-state index contributed by atoms with van der Waals surface area (Å²) in [4.78, 5) is 24.7. The Morgan fingerprint density at radius 3 is 2.95 bits per heavy atom. The van der Waals surface area contributed by atoms with Crippen molar-refractivity contribution in [3.8, 4) is 0 Å². The van der Waals surface area contributed by atoms with Crippen molar-refractivity contribution in [2.45, 2.75) is 19.3 Å². The molecule has 5 nitrogen and oxygen atoms in total. The largest absolute Gasteiger partial charge is 0.481 e. The zero-order valence-electron chi connectivity index (χ0n) is 11.9. The van der Waals surface area contributed by atoms with Gasteiger partial charge in [0.05, 0.1) is 0 Å². The number of benzene rings is 1. The van der Waals surface area contributed by atoms with E-state index in [1.54, 1.807) is 17.0 Å². The number of hydrogen-bond donors (Lipinski definition) is 1. The molecule has 0 radical (unpaired) electrons. The van der Waals surface area contributed by atoms with E-state index >= 15 is 0 Å². The van der Waals surface area contributed by atoms with Crippen molar-refractivity contribution in [3.05, 3.63) is 35.8 Å². The number of rotatable bonds is 4. The highest BCUT2D eigenvalue weighted by Gasteiger charge is 2.28. The summed E-state index contributed by atoms with van der Waals surface area (Å²) in [6, 6.07) is 5.77. The number of amides is 1. The standard InChI is InChI=1S/C16H16FNO4/c17-12-3-2-11-7-14(22-13(11)8-12)16(21)18-6-5-10(9-18)1-4-15(19)20/h2-3,7-8,10H,1,4-6,9H2,(H,19,20). The fourth-order valence-electron chi connectivity index (χ4n) is 2.85. The summed E-state index contributed by atoms with van der Waals surface area (Å²) < 4.78 is 18.6. The van der Waals surface area contributed by atoms with E-state index in [4.69, 9.17) is 9.52 Å². The topological polar surface area (TPSA) is 70.8 Å². The van der Waals surface area contributed by atoms with Crippen LogP contribution in [0.5, 0.6) is 0 Å². The van der Waals surface area contributed by atoms with Gasteiger partial charge in [0.25, 0.3) is 5.91 Å². The van der Waals surface area contributed by atoms with Crippen molar-refractivity contribution in [2.75, 3.05) is 13.1 Å². The minimum atomic E-state index is -0.816. The highest BCUT2D eigenvalue weighted by atomic mass is 19.1. The molecule has 116 valence electrons. The Morgan fingerprint density at radius 1 is 1.36 bits per heavy atom. The van der Waals surface area contributed by atoms with Crippen molar-refractivity contribution in [2.24, 2.45) is 5.92 Å². The Bertz CT molecular complexity index is 724. The number of furan rings is 1. The lowest BCUT2D eigenvalue weighted by Crippen LogP contribution is -2.28. The second-order valence-electron chi connectivity index (χ2n) is 5.63. The molecule has 1 aromatic heterocycles. The molecule has 3 rings (SSSR count). The van der Waals surface area contributed by atoms with Crippen LogP contribution in [-0.4, -0.2) is 35.0 Å². The van der Waals surface area contributed by atoms with Crippen LogP contribution in [0, 0.1) is 11.7 Å². The van der Waals surface area contributed by atoms with Crippen molar-refractivity contribution >= 4 is 22.8 Å². The average molecular weight is 305 g/mol. The molecule has 0 spiro atoms. The molecule has 1 atom stereocenters. The molecule has 0 saturated carbocycles. The zero-order valence-corrected chi connectivity index (χ0v) is 11.9. The summed E-state index contributed by atoms with van der Waals surface area (Å²) in [5.74, 6) is -1.05. The smallest absolute Gasteiger partial charge is 0.303 e. The van der Waals surface area contributed by atoms with Crippen LogP contribution < -0.4 is 0 Å². The molecule has 1 aromatic carbocycles. The van der Waals surface area contributed by atoms with Gasteiger partial charge in [0.15, 0.2) is 5.76 Å². The van der Waals surface area contributed by atoms with Crippen LogP contribution in [0.1, 0.15) is 29.8 Å². The van der Waals surface area contributed by atoms with Crippen LogP contribution in [0.15, 0.2) is 28.7 Å². The molecule has 1 saturated heterocycles. The van der Waals surface area contributed by atoms with E-state index in [1.165, 1.54) is 12.1 Å². The minimum absolute atomic E-state index is 0.122. The highest BCUT2D eigenvalue weighted by Crippen LogP contribution is 2.25. The van der Waals surface area contributed by atoms with E-state index in [0.717, 1.165) is 6.42 Å². The Labute approximate surface area is 126 Å². The van der Waals surface area contributed by atoms with Crippen molar-refractivity contribution in [1.29, 1.82) is 0 Å². The number of fused-ring (bicyclic) bond motifs is 1. The van der Waals surface area contributed by atoms with E-state index in [-0.39, 0.29) is 24.0 Å². The first-order chi connectivity index (χ1) is 10.5. The third kappa shape index (κ3) is 2.95. The van der Waals surface area contributed by atoms with Crippen LogP contribution >= 0.6 is 0 Å². The molecule has 22 heavy (non-hydrogen) atoms. The van der Waals surface area contributed by atoms with Gasteiger partial charge in [-0.05, 0) is 37.0 Å². The predicted octanol–water partition coefficient (Wildman–Crippen LogP) is 2.90. The van der Waals surface area contributed by atoms with Crippen LogP contribution in [0.2, 0.25) is 0 Å². The molecular formula is C16H16FNO4. The number of nitrogens with zero attached hydrogens (tertiary/aromatic N) is 1. The van der Waals surface area contributed by atoms with Gasteiger partial charge in [-0.15, -0.1) is 0 Å². The van der Waals surface area contributed by atoms with Gasteiger partial charge in [0, 0.05) is 31.0 Å². The monoisotopic (exact) mass is 305 g/mol. The second kappa shape index (κ2) is 5.79. The normalized spacial score (nSPS) is 18.0. The summed E-state index contributed by atoms with van der Waals surface area (Å²) in [5.41, 5.74) is 0.352. The Morgan fingerprint density at radius 2 is 2.18 bits per heavy atom. The maximum absolute atomic E-state index is 13.1. The van der Waals surface area contributed by atoms with Crippen molar-refractivity contribution in [1.82, 2.24) is 4.90 Å². The number of aliphatic carboxylic acids is 1. The average Bonchev–Trinajstić information content (AvgIpc) is 3.10. The minimum Gasteiger partial charge on any atom is -0.481 e. The third-order valence-corrected chi connectivity index (χ3v) is 4.03. The summed E-state index contributed by atoms with van der Waals surface area (Å²) in [6.45, 7) is 1.13. The molecule has 2 heterocycles. The summed E-state index contributed by atoms with van der Waals surface area (Å²) in [6.07, 6.45) is 1.49. The first-order valence-corrected chi connectivity index (χ1v) is 7.23. The number of carbonyl (C=O) groups excluding carboxylic acids is 1. The molecule has 1 aliphatic heterocycles. The maximum atomic E-state index is 13.1. The van der Waals surface area contributed by atoms with Crippen molar-refractivity contribution < 1.29 is 23.5 Å². The number of hydrogen-bond acceptors (Lipinski definition) is 3. The number of likely N-dealkylation sites (tertiary alicyclic amines) is 1. The molecule has 1 aliphatic rings. The number of carboxylic acids is 1. The maximum Gasteiger partial charge on any atom is 0.303 e. The van der Waals surface area contributed by atoms with E-state index in [2.05, 4.69) is 0 Å². The lowest BCUT2D eigenvalue weighted by Gasteiger charge is -2.14. The summed E-state index contributed by atoms with van der Waals surface area (Å²) in [5, 5.41) is 9.39. The molecule has 0 aliphatic carbocycles. The summed E-state index contributed by atoms with van der Waals surface area (Å²) >= 11 is 0. The van der Waals surface area contributed by atoms with Gasteiger partial charge in [-0.1, -0.05) is 0 Å². The number of carbonyl (C=O) groups is 2. The SMILES string of the molecule is O=C(O)CCC1CCN(C(=O)c2cc3ccc(F)cc3o2)C1. The third-order valence-electron chi connectivity index (χ3n) is 4.03. The van der Waals surface area contributed by atoms with Gasteiger partial charge in [0.2, 0.25) is 0 Å². The first-order valence-electron chi connectivity index (χ1n) is 7.23. The number of halogens is 1. The van der Waals surface area contributed by atoms with Gasteiger partial charge in [-0.25, -0.2) is 4.39 Å². The van der Waals surface area contributed by atoms with E-state index in [1.807, 2.05) is 0 Å². The Balaban J connectivity index is 1.69. The van der Waals surface area contributed by atoms with Gasteiger partial charge in [-0.2, -0.15) is 0 Å².